The number of anilines is 1. The molecule has 0 bridgehead atoms. The Hall–Kier alpha value is -1.75. The minimum absolute atomic E-state index is 0.0553. The average molecular weight is 293 g/mol. The summed E-state index contributed by atoms with van der Waals surface area (Å²) in [5, 5.41) is 9.38. The molecule has 0 aliphatic carbocycles. The van der Waals surface area contributed by atoms with Gasteiger partial charge in [0, 0.05) is 6.54 Å². The zero-order valence-corrected chi connectivity index (χ0v) is 13.0. The van der Waals surface area contributed by atoms with Crippen molar-refractivity contribution in [3.05, 3.63) is 17.7 Å². The van der Waals surface area contributed by atoms with Gasteiger partial charge in [0.05, 0.1) is 19.4 Å². The van der Waals surface area contributed by atoms with Crippen molar-refractivity contribution in [2.75, 3.05) is 18.6 Å². The van der Waals surface area contributed by atoms with Gasteiger partial charge in [-0.25, -0.2) is 0 Å². The van der Waals surface area contributed by atoms with E-state index in [1.165, 1.54) is 0 Å². The summed E-state index contributed by atoms with van der Waals surface area (Å²) >= 11 is 0. The Morgan fingerprint density at radius 3 is 2.71 bits per heavy atom. The number of hydrogen-bond donors (Lipinski definition) is 1. The summed E-state index contributed by atoms with van der Waals surface area (Å²) in [6.45, 7) is 6.52. The van der Waals surface area contributed by atoms with Crippen molar-refractivity contribution in [3.63, 3.8) is 0 Å². The average Bonchev–Trinajstić information content (AvgIpc) is 2.46. The number of amides is 1. The van der Waals surface area contributed by atoms with Crippen LogP contribution in [0, 0.1) is 5.92 Å². The second-order valence-electron chi connectivity index (χ2n) is 5.74. The number of benzene rings is 1. The molecule has 1 atom stereocenters. The van der Waals surface area contributed by atoms with Crippen molar-refractivity contribution in [2.24, 2.45) is 5.92 Å². The van der Waals surface area contributed by atoms with Gasteiger partial charge in [-0.1, -0.05) is 13.8 Å². The number of methoxy groups -OCH3 is 1. The van der Waals surface area contributed by atoms with Gasteiger partial charge in [-0.3, -0.25) is 4.79 Å². The molecule has 5 heteroatoms. The molecule has 0 saturated heterocycles. The van der Waals surface area contributed by atoms with Crippen molar-refractivity contribution < 1.29 is 19.4 Å². The predicted molar refractivity (Wildman–Crippen MR) is 80.8 cm³/mol. The molecule has 0 radical (unpaired) electrons. The van der Waals surface area contributed by atoms with E-state index in [-0.39, 0.29) is 12.5 Å². The second kappa shape index (κ2) is 6.35. The summed E-state index contributed by atoms with van der Waals surface area (Å²) in [4.78, 5) is 14.1. The van der Waals surface area contributed by atoms with Crippen molar-refractivity contribution >= 4 is 11.6 Å². The number of carbonyl (C=O) groups is 1. The van der Waals surface area contributed by atoms with Crippen LogP contribution in [-0.4, -0.2) is 30.8 Å². The lowest BCUT2D eigenvalue weighted by Crippen LogP contribution is -2.45. The Labute approximate surface area is 125 Å². The smallest absolute Gasteiger partial charge is 0.267 e. The molecule has 0 spiro atoms. The molecule has 0 saturated carbocycles. The van der Waals surface area contributed by atoms with E-state index in [1.54, 1.807) is 31.1 Å². The summed E-state index contributed by atoms with van der Waals surface area (Å²) in [6.07, 6.45) is 0.377. The van der Waals surface area contributed by atoms with Crippen LogP contribution in [-0.2, 0) is 11.4 Å². The lowest BCUT2D eigenvalue weighted by molar-refractivity contribution is -0.125. The highest BCUT2D eigenvalue weighted by Gasteiger charge is 2.33. The van der Waals surface area contributed by atoms with Gasteiger partial charge in [-0.2, -0.15) is 0 Å². The van der Waals surface area contributed by atoms with Gasteiger partial charge >= 0.3 is 0 Å². The first-order valence-corrected chi connectivity index (χ1v) is 7.27. The third kappa shape index (κ3) is 3.13. The van der Waals surface area contributed by atoms with Crippen LogP contribution in [0.25, 0.3) is 0 Å². The standard InChI is InChI=1S/C16H23NO4/c1-10(2)5-6-17-13-7-12(9-18)8-14(20-4)15(13)21-11(3)16(17)19/h7-8,10-11,18H,5-6,9H2,1-4H3. The molecule has 1 aliphatic heterocycles. The molecule has 1 amide bonds. The second-order valence-corrected chi connectivity index (χ2v) is 5.74. The van der Waals surface area contributed by atoms with Gasteiger partial charge < -0.3 is 19.5 Å². The molecule has 0 fully saturated rings. The van der Waals surface area contributed by atoms with Crippen LogP contribution in [0.15, 0.2) is 12.1 Å². The molecule has 1 aromatic carbocycles. The topological polar surface area (TPSA) is 59.0 Å². The van der Waals surface area contributed by atoms with E-state index in [9.17, 15) is 9.90 Å². The van der Waals surface area contributed by atoms with Crippen LogP contribution in [0.2, 0.25) is 0 Å². The Kier molecular flexibility index (Phi) is 4.73. The molecule has 0 aromatic heterocycles. The zero-order chi connectivity index (χ0) is 15.6. The maximum atomic E-state index is 12.4. The van der Waals surface area contributed by atoms with E-state index in [0.717, 1.165) is 6.42 Å². The number of nitrogens with zero attached hydrogens (tertiary/aromatic N) is 1. The normalized spacial score (nSPS) is 17.7. The van der Waals surface area contributed by atoms with Crippen LogP contribution in [0.5, 0.6) is 11.5 Å². The number of fused-ring (bicyclic) bond motifs is 1. The van der Waals surface area contributed by atoms with Gasteiger partial charge in [-0.15, -0.1) is 0 Å². The van der Waals surface area contributed by atoms with E-state index < -0.39 is 6.10 Å². The van der Waals surface area contributed by atoms with Gasteiger partial charge in [0.1, 0.15) is 0 Å². The van der Waals surface area contributed by atoms with E-state index >= 15 is 0 Å². The van der Waals surface area contributed by atoms with E-state index in [1.807, 2.05) is 0 Å². The molecule has 2 rings (SSSR count). The summed E-state index contributed by atoms with van der Waals surface area (Å²) < 4.78 is 11.0. The first kappa shape index (κ1) is 15.6. The summed E-state index contributed by atoms with van der Waals surface area (Å²) in [5.74, 6) is 1.57. The lowest BCUT2D eigenvalue weighted by Gasteiger charge is -2.34. The number of aliphatic hydroxyl groups is 1. The molecule has 21 heavy (non-hydrogen) atoms. The maximum Gasteiger partial charge on any atom is 0.267 e. The van der Waals surface area contributed by atoms with Gasteiger partial charge in [0.25, 0.3) is 5.91 Å². The molecule has 1 aromatic rings. The Balaban J connectivity index is 2.46. The highest BCUT2D eigenvalue weighted by Crippen LogP contribution is 2.43. The number of aliphatic hydroxyl groups excluding tert-OH is 1. The van der Waals surface area contributed by atoms with Crippen molar-refractivity contribution in [1.82, 2.24) is 0 Å². The van der Waals surface area contributed by atoms with Gasteiger partial charge in [-0.05, 0) is 37.0 Å². The van der Waals surface area contributed by atoms with E-state index in [0.29, 0.717) is 35.2 Å². The number of rotatable bonds is 5. The minimum atomic E-state index is -0.529. The molecule has 1 N–H and O–H groups in total. The van der Waals surface area contributed by atoms with Crippen LogP contribution >= 0.6 is 0 Å². The third-order valence-electron chi connectivity index (χ3n) is 3.63. The van der Waals surface area contributed by atoms with E-state index in [2.05, 4.69) is 13.8 Å². The number of hydrogen-bond acceptors (Lipinski definition) is 4. The molecule has 1 aliphatic rings. The fourth-order valence-corrected chi connectivity index (χ4v) is 2.39. The van der Waals surface area contributed by atoms with Gasteiger partial charge in [0.2, 0.25) is 0 Å². The van der Waals surface area contributed by atoms with Gasteiger partial charge in [0.15, 0.2) is 17.6 Å². The van der Waals surface area contributed by atoms with Crippen LogP contribution in [0.1, 0.15) is 32.8 Å². The lowest BCUT2D eigenvalue weighted by atomic mass is 10.1. The molecule has 5 nitrogen and oxygen atoms in total. The Morgan fingerprint density at radius 1 is 1.43 bits per heavy atom. The summed E-state index contributed by atoms with van der Waals surface area (Å²) in [6, 6.07) is 3.53. The minimum Gasteiger partial charge on any atom is -0.493 e. The fraction of sp³-hybridized carbons (Fsp3) is 0.562. The molecule has 116 valence electrons. The molecule has 1 unspecified atom stereocenters. The predicted octanol–water partition coefficient (Wildman–Crippen LogP) is 2.35. The monoisotopic (exact) mass is 293 g/mol. The first-order chi connectivity index (χ1) is 9.97. The third-order valence-corrected chi connectivity index (χ3v) is 3.63. The molecular weight excluding hydrogens is 270 g/mol. The van der Waals surface area contributed by atoms with Crippen LogP contribution in [0.3, 0.4) is 0 Å². The largest absolute Gasteiger partial charge is 0.493 e. The van der Waals surface area contributed by atoms with Crippen LogP contribution in [0.4, 0.5) is 5.69 Å². The molecular formula is C16H23NO4. The van der Waals surface area contributed by atoms with E-state index in [4.69, 9.17) is 9.47 Å². The first-order valence-electron chi connectivity index (χ1n) is 7.27. The zero-order valence-electron chi connectivity index (χ0n) is 13.0. The maximum absolute atomic E-state index is 12.4. The van der Waals surface area contributed by atoms with Crippen LogP contribution < -0.4 is 14.4 Å². The summed E-state index contributed by atoms with van der Waals surface area (Å²) in [7, 11) is 1.56. The highest BCUT2D eigenvalue weighted by atomic mass is 16.5. The van der Waals surface area contributed by atoms with Crippen molar-refractivity contribution in [2.45, 2.75) is 39.9 Å². The fourth-order valence-electron chi connectivity index (χ4n) is 2.39. The van der Waals surface area contributed by atoms with Crippen molar-refractivity contribution in [1.29, 1.82) is 0 Å². The summed E-state index contributed by atoms with van der Waals surface area (Å²) in [5.41, 5.74) is 1.38. The Bertz CT molecular complexity index is 527. The number of carbonyl (C=O) groups excluding carboxylic acids is 1. The molecule has 1 heterocycles. The quantitative estimate of drug-likeness (QED) is 0.905. The van der Waals surface area contributed by atoms with Crippen molar-refractivity contribution in [3.8, 4) is 11.5 Å². The Morgan fingerprint density at radius 2 is 2.14 bits per heavy atom. The SMILES string of the molecule is COc1cc(CO)cc2c1OC(C)C(=O)N2CCC(C)C. The number of ether oxygens (including phenoxy) is 2. The highest BCUT2D eigenvalue weighted by molar-refractivity contribution is 6.00.